The van der Waals surface area contributed by atoms with Gasteiger partial charge in [-0.3, -0.25) is 0 Å². The molecule has 0 bridgehead atoms. The van der Waals surface area contributed by atoms with Crippen LogP contribution in [0.2, 0.25) is 0 Å². The highest BCUT2D eigenvalue weighted by molar-refractivity contribution is 7.90. The molecule has 5 heteroatoms. The number of hydrogen-bond acceptors (Lipinski definition) is 4. The Morgan fingerprint density at radius 3 is 2.50 bits per heavy atom. The first kappa shape index (κ1) is 11.2. The van der Waals surface area contributed by atoms with Crippen molar-refractivity contribution in [2.45, 2.75) is 11.0 Å². The highest BCUT2D eigenvalue weighted by Gasteiger charge is 2.16. The van der Waals surface area contributed by atoms with Crippen molar-refractivity contribution in [1.82, 2.24) is 0 Å². The molecule has 14 heavy (non-hydrogen) atoms. The predicted molar refractivity (Wildman–Crippen MR) is 53.6 cm³/mol. The molecule has 1 unspecified atom stereocenters. The van der Waals surface area contributed by atoms with Gasteiger partial charge < -0.3 is 10.8 Å². The van der Waals surface area contributed by atoms with E-state index < -0.39 is 15.9 Å². The van der Waals surface area contributed by atoms with E-state index in [9.17, 15) is 13.5 Å². The summed E-state index contributed by atoms with van der Waals surface area (Å²) in [6, 6.07) is 6.31. The van der Waals surface area contributed by atoms with Crippen LogP contribution in [-0.4, -0.2) is 26.3 Å². The molecule has 0 saturated heterocycles. The van der Waals surface area contributed by atoms with Gasteiger partial charge in [0.1, 0.15) is 0 Å². The van der Waals surface area contributed by atoms with Crippen molar-refractivity contribution in [3.05, 3.63) is 29.8 Å². The number of sulfone groups is 1. The zero-order valence-electron chi connectivity index (χ0n) is 7.84. The summed E-state index contributed by atoms with van der Waals surface area (Å²) >= 11 is 0. The quantitative estimate of drug-likeness (QED) is 0.748. The molecule has 0 amide bonds. The predicted octanol–water partition coefficient (Wildman–Crippen LogP) is 0.0822. The van der Waals surface area contributed by atoms with Crippen molar-refractivity contribution in [2.75, 3.05) is 12.8 Å². The Morgan fingerprint density at radius 1 is 1.43 bits per heavy atom. The first-order valence-electron chi connectivity index (χ1n) is 4.14. The van der Waals surface area contributed by atoms with Gasteiger partial charge in [0.15, 0.2) is 9.84 Å². The maximum Gasteiger partial charge on any atom is 0.175 e. The third-order valence-electron chi connectivity index (χ3n) is 1.90. The summed E-state index contributed by atoms with van der Waals surface area (Å²) in [5.41, 5.74) is 5.63. The fourth-order valence-corrected chi connectivity index (χ4v) is 2.18. The molecule has 1 aromatic carbocycles. The lowest BCUT2D eigenvalue weighted by atomic mass is 10.1. The molecule has 3 N–H and O–H groups in total. The van der Waals surface area contributed by atoms with Gasteiger partial charge in [0.2, 0.25) is 0 Å². The second kappa shape index (κ2) is 4.08. The minimum absolute atomic E-state index is 0.00648. The molecule has 0 radical (unpaired) electrons. The van der Waals surface area contributed by atoms with Gasteiger partial charge in [-0.15, -0.1) is 0 Å². The van der Waals surface area contributed by atoms with Crippen LogP contribution in [-0.2, 0) is 9.84 Å². The average Bonchev–Trinajstić information content (AvgIpc) is 2.15. The largest absolute Gasteiger partial charge is 0.387 e. The summed E-state index contributed by atoms with van der Waals surface area (Å²) < 4.78 is 22.6. The summed E-state index contributed by atoms with van der Waals surface area (Å²) in [6.07, 6.45) is 0.177. The summed E-state index contributed by atoms with van der Waals surface area (Å²) in [4.78, 5) is 0.137. The Labute approximate surface area is 83.3 Å². The minimum atomic E-state index is -3.30. The number of benzene rings is 1. The van der Waals surface area contributed by atoms with Gasteiger partial charge in [0, 0.05) is 18.4 Å². The van der Waals surface area contributed by atoms with Crippen LogP contribution >= 0.6 is 0 Å². The summed E-state index contributed by atoms with van der Waals surface area (Å²) in [7, 11) is -3.30. The molecular weight excluding hydrogens is 202 g/mol. The van der Waals surface area contributed by atoms with Crippen LogP contribution in [0.15, 0.2) is 29.2 Å². The molecule has 0 spiro atoms. The minimum Gasteiger partial charge on any atom is -0.387 e. The van der Waals surface area contributed by atoms with Crippen molar-refractivity contribution < 1.29 is 13.5 Å². The number of aliphatic hydroxyl groups excluding tert-OH is 1. The zero-order valence-corrected chi connectivity index (χ0v) is 8.66. The normalized spacial score (nSPS) is 13.9. The molecule has 0 aromatic heterocycles. The van der Waals surface area contributed by atoms with E-state index in [1.165, 1.54) is 6.07 Å². The van der Waals surface area contributed by atoms with Crippen LogP contribution in [0.1, 0.15) is 11.7 Å². The average molecular weight is 215 g/mol. The van der Waals surface area contributed by atoms with E-state index in [-0.39, 0.29) is 11.4 Å². The van der Waals surface area contributed by atoms with Crippen LogP contribution in [0.3, 0.4) is 0 Å². The first-order valence-corrected chi connectivity index (χ1v) is 6.03. The van der Waals surface area contributed by atoms with E-state index >= 15 is 0 Å². The number of aliphatic hydroxyl groups is 1. The van der Waals surface area contributed by atoms with Gasteiger partial charge in [-0.1, -0.05) is 18.2 Å². The third kappa shape index (κ3) is 2.31. The smallest absolute Gasteiger partial charge is 0.175 e. The van der Waals surface area contributed by atoms with Gasteiger partial charge in [0.05, 0.1) is 11.0 Å². The highest BCUT2D eigenvalue weighted by Crippen LogP contribution is 2.21. The van der Waals surface area contributed by atoms with Gasteiger partial charge >= 0.3 is 0 Å². The van der Waals surface area contributed by atoms with Crippen molar-refractivity contribution in [1.29, 1.82) is 0 Å². The van der Waals surface area contributed by atoms with Gasteiger partial charge in [0.25, 0.3) is 0 Å². The zero-order chi connectivity index (χ0) is 10.8. The van der Waals surface area contributed by atoms with Crippen molar-refractivity contribution >= 4 is 9.84 Å². The van der Waals surface area contributed by atoms with Crippen molar-refractivity contribution in [3.63, 3.8) is 0 Å². The number of rotatable bonds is 3. The fraction of sp³-hybridized carbons (Fsp3) is 0.333. The monoisotopic (exact) mass is 215 g/mol. The molecule has 1 atom stereocenters. The highest BCUT2D eigenvalue weighted by atomic mass is 32.2. The maximum atomic E-state index is 11.3. The SMILES string of the molecule is CS(=O)(=O)c1ccccc1C(O)CN. The molecule has 0 heterocycles. The van der Waals surface area contributed by atoms with E-state index in [1.807, 2.05) is 0 Å². The molecular formula is C9H13NO3S. The summed E-state index contributed by atoms with van der Waals surface area (Å²) in [6.45, 7) is 0.00648. The molecule has 0 aliphatic heterocycles. The molecule has 4 nitrogen and oxygen atoms in total. The standard InChI is InChI=1S/C9H13NO3S/c1-14(12,13)9-5-3-2-4-7(9)8(11)6-10/h2-5,8,11H,6,10H2,1H3. The van der Waals surface area contributed by atoms with Gasteiger partial charge in [-0.2, -0.15) is 0 Å². The van der Waals surface area contributed by atoms with Crippen molar-refractivity contribution in [2.24, 2.45) is 5.73 Å². The van der Waals surface area contributed by atoms with Crippen LogP contribution in [0.25, 0.3) is 0 Å². The van der Waals surface area contributed by atoms with Crippen LogP contribution in [0.5, 0.6) is 0 Å². The lowest BCUT2D eigenvalue weighted by Crippen LogP contribution is -2.14. The lowest BCUT2D eigenvalue weighted by molar-refractivity contribution is 0.183. The van der Waals surface area contributed by atoms with E-state index in [0.717, 1.165) is 6.26 Å². The molecule has 1 aromatic rings. The summed E-state index contributed by atoms with van der Waals surface area (Å²) in [5.74, 6) is 0. The summed E-state index contributed by atoms with van der Waals surface area (Å²) in [5, 5.41) is 9.48. The maximum absolute atomic E-state index is 11.3. The number of nitrogens with two attached hydrogens (primary N) is 1. The van der Waals surface area contributed by atoms with E-state index in [4.69, 9.17) is 5.73 Å². The Bertz CT molecular complexity index is 414. The van der Waals surface area contributed by atoms with Crippen molar-refractivity contribution in [3.8, 4) is 0 Å². The second-order valence-corrected chi connectivity index (χ2v) is 5.05. The Kier molecular flexibility index (Phi) is 3.25. The topological polar surface area (TPSA) is 80.4 Å². The van der Waals surface area contributed by atoms with E-state index in [0.29, 0.717) is 5.56 Å². The van der Waals surface area contributed by atoms with E-state index in [1.54, 1.807) is 18.2 Å². The van der Waals surface area contributed by atoms with Crippen LogP contribution in [0.4, 0.5) is 0 Å². The second-order valence-electron chi connectivity index (χ2n) is 3.06. The molecule has 0 aliphatic carbocycles. The van der Waals surface area contributed by atoms with E-state index in [2.05, 4.69) is 0 Å². The van der Waals surface area contributed by atoms with Gasteiger partial charge in [-0.05, 0) is 6.07 Å². The number of hydrogen-bond donors (Lipinski definition) is 2. The molecule has 1 rings (SSSR count). The lowest BCUT2D eigenvalue weighted by Gasteiger charge is -2.11. The molecule has 0 fully saturated rings. The third-order valence-corrected chi connectivity index (χ3v) is 3.07. The molecule has 0 aliphatic rings. The Morgan fingerprint density at radius 2 is 2.00 bits per heavy atom. The molecule has 78 valence electrons. The fourth-order valence-electron chi connectivity index (χ4n) is 1.22. The van der Waals surface area contributed by atoms with Crippen LogP contribution in [0, 0.1) is 0 Å². The Balaban J connectivity index is 3.30. The molecule has 0 saturated carbocycles. The first-order chi connectivity index (χ1) is 6.46. The van der Waals surface area contributed by atoms with Crippen LogP contribution < -0.4 is 5.73 Å². The van der Waals surface area contributed by atoms with Gasteiger partial charge in [-0.25, -0.2) is 8.42 Å². The Hall–Kier alpha value is -0.910.